The molecule has 0 bridgehead atoms. The maximum atomic E-state index is 12.3. The monoisotopic (exact) mass is 362 g/mol. The second-order valence-corrected chi connectivity index (χ2v) is 6.45. The maximum Gasteiger partial charge on any atom is 0.238 e. The number of ether oxygens (including phenoxy) is 1. The molecule has 1 aromatic carbocycles. The molecule has 0 spiro atoms. The van der Waals surface area contributed by atoms with Crippen molar-refractivity contribution in [1.82, 2.24) is 15.1 Å². The van der Waals surface area contributed by atoms with Crippen molar-refractivity contribution in [2.75, 3.05) is 64.8 Å². The molecule has 0 aliphatic carbocycles. The average Bonchev–Trinajstić information content (AvgIpc) is 2.64. The standard InChI is InChI=1S/C19H30N4O3/c1-3-16-6-4-5-7-17(16)21-19(25)15-23-11-9-22(10-12-23)14-18(24)20-8-13-26-2/h4-7H,3,8-15H2,1-2H3,(H,20,24)(H,21,25). The van der Waals surface area contributed by atoms with Crippen LogP contribution in [0, 0.1) is 0 Å². The van der Waals surface area contributed by atoms with Crippen molar-refractivity contribution in [3.63, 3.8) is 0 Å². The number of carbonyl (C=O) groups excluding carboxylic acids is 2. The molecule has 2 N–H and O–H groups in total. The highest BCUT2D eigenvalue weighted by atomic mass is 16.5. The largest absolute Gasteiger partial charge is 0.383 e. The van der Waals surface area contributed by atoms with Crippen LogP contribution in [0.4, 0.5) is 5.69 Å². The molecule has 1 saturated heterocycles. The van der Waals surface area contributed by atoms with Crippen molar-refractivity contribution >= 4 is 17.5 Å². The molecule has 26 heavy (non-hydrogen) atoms. The summed E-state index contributed by atoms with van der Waals surface area (Å²) in [7, 11) is 1.61. The molecule has 0 unspecified atom stereocenters. The van der Waals surface area contributed by atoms with Gasteiger partial charge >= 0.3 is 0 Å². The highest BCUT2D eigenvalue weighted by Gasteiger charge is 2.20. The first-order valence-corrected chi connectivity index (χ1v) is 9.20. The summed E-state index contributed by atoms with van der Waals surface area (Å²) >= 11 is 0. The number of carbonyl (C=O) groups is 2. The summed E-state index contributed by atoms with van der Waals surface area (Å²) in [5.74, 6) is 0.0288. The number of benzene rings is 1. The van der Waals surface area contributed by atoms with Gasteiger partial charge in [0, 0.05) is 45.5 Å². The second kappa shape index (κ2) is 10.9. The number of amides is 2. The van der Waals surface area contributed by atoms with Gasteiger partial charge in [0.2, 0.25) is 11.8 Å². The minimum absolute atomic E-state index is 0.0108. The van der Waals surface area contributed by atoms with Crippen LogP contribution in [-0.4, -0.2) is 81.1 Å². The van der Waals surface area contributed by atoms with E-state index in [1.54, 1.807) is 7.11 Å². The van der Waals surface area contributed by atoms with Gasteiger partial charge in [-0.1, -0.05) is 25.1 Å². The molecular weight excluding hydrogens is 332 g/mol. The van der Waals surface area contributed by atoms with E-state index in [2.05, 4.69) is 27.4 Å². The highest BCUT2D eigenvalue weighted by Crippen LogP contribution is 2.15. The van der Waals surface area contributed by atoms with E-state index in [4.69, 9.17) is 4.74 Å². The molecule has 1 aromatic rings. The zero-order chi connectivity index (χ0) is 18.8. The van der Waals surface area contributed by atoms with Gasteiger partial charge in [-0.05, 0) is 18.1 Å². The highest BCUT2D eigenvalue weighted by molar-refractivity contribution is 5.93. The molecule has 0 aromatic heterocycles. The predicted molar refractivity (Wildman–Crippen MR) is 102 cm³/mol. The molecule has 2 rings (SSSR count). The van der Waals surface area contributed by atoms with Gasteiger partial charge in [0.05, 0.1) is 19.7 Å². The van der Waals surface area contributed by atoms with Crippen LogP contribution < -0.4 is 10.6 Å². The minimum Gasteiger partial charge on any atom is -0.383 e. The SMILES string of the molecule is CCc1ccccc1NC(=O)CN1CCN(CC(=O)NCCOC)CC1. The number of hydrogen-bond donors (Lipinski definition) is 2. The Hall–Kier alpha value is -1.96. The first-order valence-electron chi connectivity index (χ1n) is 9.20. The Bertz CT molecular complexity index is 586. The number of aryl methyl sites for hydroxylation is 1. The predicted octanol–water partition coefficient (Wildman–Crippen LogP) is 0.568. The number of para-hydroxylation sites is 1. The second-order valence-electron chi connectivity index (χ2n) is 6.45. The van der Waals surface area contributed by atoms with Crippen LogP contribution in [0.25, 0.3) is 0 Å². The fourth-order valence-corrected chi connectivity index (χ4v) is 3.00. The van der Waals surface area contributed by atoms with Gasteiger partial charge in [-0.2, -0.15) is 0 Å². The normalized spacial score (nSPS) is 15.6. The van der Waals surface area contributed by atoms with E-state index in [1.807, 2.05) is 24.3 Å². The van der Waals surface area contributed by atoms with Crippen molar-refractivity contribution in [3.05, 3.63) is 29.8 Å². The van der Waals surface area contributed by atoms with Crippen LogP contribution in [0.1, 0.15) is 12.5 Å². The molecule has 0 radical (unpaired) electrons. The third-order valence-electron chi connectivity index (χ3n) is 4.50. The number of nitrogens with zero attached hydrogens (tertiary/aromatic N) is 2. The van der Waals surface area contributed by atoms with Gasteiger partial charge < -0.3 is 15.4 Å². The third-order valence-corrected chi connectivity index (χ3v) is 4.50. The molecule has 7 nitrogen and oxygen atoms in total. The molecule has 1 heterocycles. The van der Waals surface area contributed by atoms with E-state index in [9.17, 15) is 9.59 Å². The Balaban J connectivity index is 1.69. The lowest BCUT2D eigenvalue weighted by Gasteiger charge is -2.33. The Morgan fingerprint density at radius 2 is 1.65 bits per heavy atom. The van der Waals surface area contributed by atoms with Crippen LogP contribution in [0.15, 0.2) is 24.3 Å². The maximum absolute atomic E-state index is 12.3. The third kappa shape index (κ3) is 6.74. The van der Waals surface area contributed by atoms with Gasteiger partial charge in [0.15, 0.2) is 0 Å². The average molecular weight is 362 g/mol. The minimum atomic E-state index is 0.0108. The molecular formula is C19H30N4O3. The quantitative estimate of drug-likeness (QED) is 0.628. The molecule has 0 atom stereocenters. The van der Waals surface area contributed by atoms with E-state index < -0.39 is 0 Å². The van der Waals surface area contributed by atoms with Gasteiger partial charge in [0.1, 0.15) is 0 Å². The lowest BCUT2D eigenvalue weighted by Crippen LogP contribution is -2.51. The van der Waals surface area contributed by atoms with Gasteiger partial charge in [-0.15, -0.1) is 0 Å². The number of anilines is 1. The molecule has 7 heteroatoms. The van der Waals surface area contributed by atoms with Gasteiger partial charge in [0.25, 0.3) is 0 Å². The van der Waals surface area contributed by atoms with E-state index >= 15 is 0 Å². The van der Waals surface area contributed by atoms with E-state index in [0.717, 1.165) is 43.9 Å². The summed E-state index contributed by atoms with van der Waals surface area (Å²) in [6, 6.07) is 7.90. The fourth-order valence-electron chi connectivity index (χ4n) is 3.00. The van der Waals surface area contributed by atoms with Crippen molar-refractivity contribution < 1.29 is 14.3 Å². The molecule has 1 fully saturated rings. The fraction of sp³-hybridized carbons (Fsp3) is 0.579. The summed E-state index contributed by atoms with van der Waals surface area (Å²) in [6.07, 6.45) is 0.890. The molecule has 144 valence electrons. The summed E-state index contributed by atoms with van der Waals surface area (Å²) in [5, 5.41) is 5.84. The summed E-state index contributed by atoms with van der Waals surface area (Å²) in [6.45, 7) is 7.06. The summed E-state index contributed by atoms with van der Waals surface area (Å²) in [5.41, 5.74) is 2.04. The first kappa shape index (κ1) is 20.4. The van der Waals surface area contributed by atoms with Crippen molar-refractivity contribution in [3.8, 4) is 0 Å². The Kier molecular flexibility index (Phi) is 8.53. The Morgan fingerprint density at radius 3 is 2.27 bits per heavy atom. The zero-order valence-corrected chi connectivity index (χ0v) is 15.8. The summed E-state index contributed by atoms with van der Waals surface area (Å²) in [4.78, 5) is 28.4. The number of methoxy groups -OCH3 is 1. The number of nitrogens with one attached hydrogen (secondary N) is 2. The zero-order valence-electron chi connectivity index (χ0n) is 15.8. The van der Waals surface area contributed by atoms with Crippen molar-refractivity contribution in [1.29, 1.82) is 0 Å². The summed E-state index contributed by atoms with van der Waals surface area (Å²) < 4.78 is 4.92. The molecule has 2 amide bonds. The van der Waals surface area contributed by atoms with Gasteiger partial charge in [-0.3, -0.25) is 19.4 Å². The van der Waals surface area contributed by atoms with Crippen LogP contribution in [0.3, 0.4) is 0 Å². The number of piperazine rings is 1. The van der Waals surface area contributed by atoms with Crippen LogP contribution in [0.5, 0.6) is 0 Å². The van der Waals surface area contributed by atoms with Crippen molar-refractivity contribution in [2.45, 2.75) is 13.3 Å². The van der Waals surface area contributed by atoms with Gasteiger partial charge in [-0.25, -0.2) is 0 Å². The lowest BCUT2D eigenvalue weighted by molar-refractivity contribution is -0.123. The van der Waals surface area contributed by atoms with Crippen LogP contribution >= 0.6 is 0 Å². The molecule has 0 saturated carbocycles. The lowest BCUT2D eigenvalue weighted by atomic mass is 10.1. The van der Waals surface area contributed by atoms with Crippen LogP contribution in [0.2, 0.25) is 0 Å². The smallest absolute Gasteiger partial charge is 0.238 e. The molecule has 1 aliphatic rings. The Morgan fingerprint density at radius 1 is 1.04 bits per heavy atom. The first-order chi connectivity index (χ1) is 12.6. The molecule has 1 aliphatic heterocycles. The number of hydrogen-bond acceptors (Lipinski definition) is 5. The van der Waals surface area contributed by atoms with Crippen molar-refractivity contribution in [2.24, 2.45) is 0 Å². The van der Waals surface area contributed by atoms with Crippen LogP contribution in [-0.2, 0) is 20.7 Å². The van der Waals surface area contributed by atoms with E-state index in [-0.39, 0.29) is 11.8 Å². The van der Waals surface area contributed by atoms with E-state index in [0.29, 0.717) is 26.2 Å². The number of rotatable bonds is 9. The Labute approximate surface area is 155 Å². The van der Waals surface area contributed by atoms with E-state index in [1.165, 1.54) is 0 Å². The topological polar surface area (TPSA) is 73.9 Å².